The number of ether oxygens (including phenoxy) is 2. The molecule has 1 aliphatic rings. The SMILES string of the molecule is O=C(CC(c1ccc(Cl)cc1)c1c[nH]c2ccccc12)NCc1ccc2c(c1)OCO2. The number of amides is 1. The number of halogens is 1. The van der Waals surface area contributed by atoms with Crippen LogP contribution >= 0.6 is 11.6 Å². The average Bonchev–Trinajstić information content (AvgIpc) is 3.43. The Morgan fingerprint density at radius 2 is 1.84 bits per heavy atom. The van der Waals surface area contributed by atoms with E-state index < -0.39 is 0 Å². The molecule has 0 bridgehead atoms. The van der Waals surface area contributed by atoms with E-state index in [4.69, 9.17) is 21.1 Å². The molecule has 0 radical (unpaired) electrons. The maximum absolute atomic E-state index is 12.9. The predicted octanol–water partition coefficient (Wildman–Crippen LogP) is 5.39. The highest BCUT2D eigenvalue weighted by molar-refractivity contribution is 6.30. The van der Waals surface area contributed by atoms with Crippen molar-refractivity contribution >= 4 is 28.4 Å². The molecule has 0 spiro atoms. The molecule has 0 aliphatic carbocycles. The average molecular weight is 433 g/mol. The van der Waals surface area contributed by atoms with Crippen molar-refractivity contribution in [2.75, 3.05) is 6.79 Å². The largest absolute Gasteiger partial charge is 0.454 e. The van der Waals surface area contributed by atoms with Gasteiger partial charge in [0.05, 0.1) is 0 Å². The highest BCUT2D eigenvalue weighted by atomic mass is 35.5. The van der Waals surface area contributed by atoms with E-state index >= 15 is 0 Å². The lowest BCUT2D eigenvalue weighted by molar-refractivity contribution is -0.121. The predicted molar refractivity (Wildman–Crippen MR) is 121 cm³/mol. The third-order valence-corrected chi connectivity index (χ3v) is 5.84. The number of aromatic amines is 1. The first kappa shape index (κ1) is 19.5. The van der Waals surface area contributed by atoms with Crippen LogP contribution in [0.2, 0.25) is 5.02 Å². The maximum Gasteiger partial charge on any atom is 0.231 e. The van der Waals surface area contributed by atoms with Crippen molar-refractivity contribution in [1.82, 2.24) is 10.3 Å². The van der Waals surface area contributed by atoms with Crippen LogP contribution < -0.4 is 14.8 Å². The lowest BCUT2D eigenvalue weighted by Gasteiger charge is -2.17. The minimum absolute atomic E-state index is 0.0251. The lowest BCUT2D eigenvalue weighted by Crippen LogP contribution is -2.25. The van der Waals surface area contributed by atoms with Crippen LogP contribution in [0.3, 0.4) is 0 Å². The van der Waals surface area contributed by atoms with Gasteiger partial charge in [-0.2, -0.15) is 0 Å². The molecular weight excluding hydrogens is 412 g/mol. The summed E-state index contributed by atoms with van der Waals surface area (Å²) in [4.78, 5) is 16.2. The number of para-hydroxylation sites is 1. The van der Waals surface area contributed by atoms with Gasteiger partial charge in [0.1, 0.15) is 0 Å². The number of carbonyl (C=O) groups excluding carboxylic acids is 1. The smallest absolute Gasteiger partial charge is 0.231 e. The van der Waals surface area contributed by atoms with Crippen molar-refractivity contribution in [2.24, 2.45) is 0 Å². The molecule has 31 heavy (non-hydrogen) atoms. The molecule has 3 aromatic carbocycles. The summed E-state index contributed by atoms with van der Waals surface area (Å²) in [6, 6.07) is 21.5. The molecule has 1 aliphatic heterocycles. The Morgan fingerprint density at radius 1 is 1.03 bits per heavy atom. The molecule has 2 heterocycles. The monoisotopic (exact) mass is 432 g/mol. The molecule has 0 fully saturated rings. The van der Waals surface area contributed by atoms with E-state index in [0.29, 0.717) is 23.7 Å². The number of carbonyl (C=O) groups is 1. The lowest BCUT2D eigenvalue weighted by atomic mass is 9.88. The fourth-order valence-electron chi connectivity index (χ4n) is 3.99. The number of hydrogen-bond donors (Lipinski definition) is 2. The maximum atomic E-state index is 12.9. The Hall–Kier alpha value is -3.44. The van der Waals surface area contributed by atoms with Crippen molar-refractivity contribution < 1.29 is 14.3 Å². The van der Waals surface area contributed by atoms with Gasteiger partial charge in [-0.15, -0.1) is 0 Å². The molecule has 0 saturated heterocycles. The van der Waals surface area contributed by atoms with Gasteiger partial charge in [0.2, 0.25) is 12.7 Å². The number of fused-ring (bicyclic) bond motifs is 2. The number of H-pyrrole nitrogens is 1. The van der Waals surface area contributed by atoms with Crippen LogP contribution in [-0.4, -0.2) is 17.7 Å². The molecule has 1 amide bonds. The summed E-state index contributed by atoms with van der Waals surface area (Å²) in [5.41, 5.74) is 4.16. The van der Waals surface area contributed by atoms with Gasteiger partial charge in [-0.1, -0.05) is 48.0 Å². The van der Waals surface area contributed by atoms with Gasteiger partial charge in [0.25, 0.3) is 0 Å². The molecule has 2 N–H and O–H groups in total. The normalized spacial score (nSPS) is 13.3. The topological polar surface area (TPSA) is 63.4 Å². The van der Waals surface area contributed by atoms with E-state index in [-0.39, 0.29) is 18.6 Å². The van der Waals surface area contributed by atoms with Gasteiger partial charge >= 0.3 is 0 Å². The summed E-state index contributed by atoms with van der Waals surface area (Å²) in [5, 5.41) is 4.83. The zero-order chi connectivity index (χ0) is 21.2. The summed E-state index contributed by atoms with van der Waals surface area (Å²) >= 11 is 6.10. The Labute approximate surface area is 184 Å². The van der Waals surface area contributed by atoms with Gasteiger partial charge < -0.3 is 19.8 Å². The fourth-order valence-corrected chi connectivity index (χ4v) is 4.12. The minimum Gasteiger partial charge on any atom is -0.454 e. The molecule has 1 atom stereocenters. The first-order valence-corrected chi connectivity index (χ1v) is 10.5. The summed E-state index contributed by atoms with van der Waals surface area (Å²) in [7, 11) is 0. The third kappa shape index (κ3) is 4.09. The van der Waals surface area contributed by atoms with Gasteiger partial charge in [0.15, 0.2) is 11.5 Å². The number of aromatic nitrogens is 1. The second-order valence-electron chi connectivity index (χ2n) is 7.56. The van der Waals surface area contributed by atoms with Crippen molar-refractivity contribution in [3.8, 4) is 11.5 Å². The Morgan fingerprint density at radius 3 is 2.71 bits per heavy atom. The van der Waals surface area contributed by atoms with Crippen molar-refractivity contribution in [3.05, 3.63) is 94.6 Å². The van der Waals surface area contributed by atoms with E-state index in [1.807, 2.05) is 66.9 Å². The number of rotatable bonds is 6. The quantitative estimate of drug-likeness (QED) is 0.429. The highest BCUT2D eigenvalue weighted by Gasteiger charge is 2.22. The van der Waals surface area contributed by atoms with Crippen molar-refractivity contribution in [3.63, 3.8) is 0 Å². The number of hydrogen-bond acceptors (Lipinski definition) is 3. The standard InChI is InChI=1S/C25H21ClN2O3/c26-18-8-6-17(7-9-18)20(21-14-27-22-4-2-1-3-19(21)22)12-25(29)28-13-16-5-10-23-24(11-16)31-15-30-23/h1-11,14,20,27H,12-13,15H2,(H,28,29). The number of benzene rings is 3. The van der Waals surface area contributed by atoms with Crippen LogP contribution in [0.25, 0.3) is 10.9 Å². The van der Waals surface area contributed by atoms with E-state index in [1.165, 1.54) is 0 Å². The molecule has 5 rings (SSSR count). The third-order valence-electron chi connectivity index (χ3n) is 5.59. The zero-order valence-corrected chi connectivity index (χ0v) is 17.5. The van der Waals surface area contributed by atoms with Gasteiger partial charge in [-0.25, -0.2) is 0 Å². The molecule has 1 unspecified atom stereocenters. The Kier molecular flexibility index (Phi) is 5.26. The molecular formula is C25H21ClN2O3. The molecule has 6 heteroatoms. The molecule has 156 valence electrons. The molecule has 1 aromatic heterocycles. The van der Waals surface area contributed by atoms with Crippen LogP contribution in [0.15, 0.2) is 72.9 Å². The first-order chi connectivity index (χ1) is 15.2. The molecule has 0 saturated carbocycles. The first-order valence-electron chi connectivity index (χ1n) is 10.1. The summed E-state index contributed by atoms with van der Waals surface area (Å²) in [5.74, 6) is 1.33. The molecule has 5 nitrogen and oxygen atoms in total. The van der Waals surface area contributed by atoms with Crippen LogP contribution in [0.4, 0.5) is 0 Å². The Balaban J connectivity index is 1.36. The van der Waals surface area contributed by atoms with Crippen molar-refractivity contribution in [1.29, 1.82) is 0 Å². The van der Waals surface area contributed by atoms with E-state index in [1.54, 1.807) is 0 Å². The van der Waals surface area contributed by atoms with Crippen LogP contribution in [0.1, 0.15) is 29.0 Å². The molecule has 4 aromatic rings. The number of nitrogens with one attached hydrogen (secondary N) is 2. The fraction of sp³-hybridized carbons (Fsp3) is 0.160. The summed E-state index contributed by atoms with van der Waals surface area (Å²) < 4.78 is 10.8. The summed E-state index contributed by atoms with van der Waals surface area (Å²) in [6.45, 7) is 0.662. The van der Waals surface area contributed by atoms with Crippen molar-refractivity contribution in [2.45, 2.75) is 18.9 Å². The summed E-state index contributed by atoms with van der Waals surface area (Å²) in [6.07, 6.45) is 2.32. The van der Waals surface area contributed by atoms with E-state index in [9.17, 15) is 4.79 Å². The van der Waals surface area contributed by atoms with Crippen LogP contribution in [0, 0.1) is 0 Å². The highest BCUT2D eigenvalue weighted by Crippen LogP contribution is 2.34. The zero-order valence-electron chi connectivity index (χ0n) is 16.7. The Bertz CT molecular complexity index is 1230. The second-order valence-corrected chi connectivity index (χ2v) is 8.00. The van der Waals surface area contributed by atoms with Crippen LogP contribution in [0.5, 0.6) is 11.5 Å². The minimum atomic E-state index is -0.0924. The van der Waals surface area contributed by atoms with Gasteiger partial charge in [-0.3, -0.25) is 4.79 Å². The van der Waals surface area contributed by atoms with Crippen LogP contribution in [-0.2, 0) is 11.3 Å². The van der Waals surface area contributed by atoms with E-state index in [0.717, 1.165) is 33.3 Å². The van der Waals surface area contributed by atoms with E-state index in [2.05, 4.69) is 16.4 Å². The van der Waals surface area contributed by atoms with Gasteiger partial charge in [-0.05, 0) is 47.0 Å². The van der Waals surface area contributed by atoms with Gasteiger partial charge in [0, 0.05) is 41.0 Å². The second kappa shape index (κ2) is 8.36.